The summed E-state index contributed by atoms with van der Waals surface area (Å²) in [5, 5.41) is 8.15. The Morgan fingerprint density at radius 2 is 2.17 bits per heavy atom. The van der Waals surface area contributed by atoms with Gasteiger partial charge in [0.25, 0.3) is 0 Å². The first kappa shape index (κ1) is 13.8. The van der Waals surface area contributed by atoms with Gasteiger partial charge in [-0.3, -0.25) is 0 Å². The fourth-order valence-corrected chi connectivity index (χ4v) is 3.44. The van der Waals surface area contributed by atoms with Crippen LogP contribution >= 0.6 is 11.3 Å². The smallest absolute Gasteiger partial charge is 0.0320 e. The van der Waals surface area contributed by atoms with Crippen molar-refractivity contribution >= 4 is 11.3 Å². The molecule has 100 valence electrons. The molecule has 0 aromatic carbocycles. The molecule has 1 unspecified atom stereocenters. The molecule has 1 nitrogen and oxygen atoms in total. The van der Waals surface area contributed by atoms with Crippen LogP contribution in [0.25, 0.3) is 0 Å². The van der Waals surface area contributed by atoms with Gasteiger partial charge in [-0.25, -0.2) is 0 Å². The highest BCUT2D eigenvalue weighted by Gasteiger charge is 2.14. The van der Waals surface area contributed by atoms with Gasteiger partial charge in [0, 0.05) is 6.04 Å². The average Bonchev–Trinajstić information content (AvgIpc) is 2.81. The fraction of sp³-hybridized carbons (Fsp3) is 0.625. The third kappa shape index (κ3) is 4.25. The van der Waals surface area contributed by atoms with Gasteiger partial charge in [0.2, 0.25) is 0 Å². The Hall–Kier alpha value is -0.600. The average molecular weight is 263 g/mol. The summed E-state index contributed by atoms with van der Waals surface area (Å²) < 4.78 is 0. The zero-order valence-corrected chi connectivity index (χ0v) is 12.3. The zero-order valence-electron chi connectivity index (χ0n) is 11.5. The topological polar surface area (TPSA) is 12.0 Å². The molecule has 0 amide bonds. The predicted molar refractivity (Wildman–Crippen MR) is 81.3 cm³/mol. The largest absolute Gasteiger partial charge is 0.310 e. The van der Waals surface area contributed by atoms with Crippen LogP contribution in [0.5, 0.6) is 0 Å². The SMILES string of the molecule is CCNC(Cc1ccsc1)/C1=C/CCCCCC1. The van der Waals surface area contributed by atoms with E-state index in [1.54, 1.807) is 16.9 Å². The molecule has 18 heavy (non-hydrogen) atoms. The summed E-state index contributed by atoms with van der Waals surface area (Å²) in [6.45, 7) is 3.27. The summed E-state index contributed by atoms with van der Waals surface area (Å²) in [4.78, 5) is 0. The minimum absolute atomic E-state index is 0.558. The predicted octanol–water partition coefficient (Wildman–Crippen LogP) is 4.55. The molecular weight excluding hydrogens is 238 g/mol. The summed E-state index contributed by atoms with van der Waals surface area (Å²) in [6.07, 6.45) is 11.8. The standard InChI is InChI=1S/C16H25NS/c1-2-17-16(12-14-10-11-18-13-14)15-8-6-4-3-5-7-9-15/h8,10-11,13,16-17H,2-7,9,12H2,1H3/b15-8+. The molecule has 2 rings (SSSR count). The summed E-state index contributed by atoms with van der Waals surface area (Å²) in [5.41, 5.74) is 3.14. The van der Waals surface area contributed by atoms with Crippen LogP contribution in [0.2, 0.25) is 0 Å². The maximum absolute atomic E-state index is 3.68. The van der Waals surface area contributed by atoms with Gasteiger partial charge < -0.3 is 5.32 Å². The van der Waals surface area contributed by atoms with Crippen LogP contribution in [0, 0.1) is 0 Å². The lowest BCUT2D eigenvalue weighted by Gasteiger charge is -2.23. The van der Waals surface area contributed by atoms with Crippen molar-refractivity contribution in [3.8, 4) is 0 Å². The molecule has 0 fully saturated rings. The Balaban J connectivity index is 2.02. The van der Waals surface area contributed by atoms with Crippen molar-refractivity contribution < 1.29 is 0 Å². The lowest BCUT2D eigenvalue weighted by molar-refractivity contribution is 0.536. The van der Waals surface area contributed by atoms with Gasteiger partial charge in [-0.1, -0.05) is 31.4 Å². The second kappa shape index (κ2) is 7.75. The second-order valence-corrected chi connectivity index (χ2v) is 5.96. The quantitative estimate of drug-likeness (QED) is 0.769. The number of allylic oxidation sites excluding steroid dienone is 1. The van der Waals surface area contributed by atoms with E-state index < -0.39 is 0 Å². The first-order chi connectivity index (χ1) is 8.90. The van der Waals surface area contributed by atoms with Crippen molar-refractivity contribution in [2.75, 3.05) is 6.54 Å². The van der Waals surface area contributed by atoms with E-state index >= 15 is 0 Å². The number of nitrogens with one attached hydrogen (secondary N) is 1. The summed E-state index contributed by atoms with van der Waals surface area (Å²) in [6, 6.07) is 2.82. The van der Waals surface area contributed by atoms with Crippen LogP contribution in [0.4, 0.5) is 0 Å². The Bertz CT molecular complexity index is 353. The van der Waals surface area contributed by atoms with Crippen LogP contribution in [-0.4, -0.2) is 12.6 Å². The minimum atomic E-state index is 0.558. The van der Waals surface area contributed by atoms with E-state index in [2.05, 4.69) is 35.1 Å². The Kier molecular flexibility index (Phi) is 5.95. The van der Waals surface area contributed by atoms with E-state index in [1.807, 2.05) is 0 Å². The molecule has 0 bridgehead atoms. The van der Waals surface area contributed by atoms with E-state index in [0.717, 1.165) is 13.0 Å². The second-order valence-electron chi connectivity index (χ2n) is 5.18. The lowest BCUT2D eigenvalue weighted by atomic mass is 9.92. The molecule has 1 N–H and O–H groups in total. The van der Waals surface area contributed by atoms with Crippen molar-refractivity contribution in [2.24, 2.45) is 0 Å². The molecule has 1 aliphatic rings. The first-order valence-corrected chi connectivity index (χ1v) is 8.28. The van der Waals surface area contributed by atoms with Crippen molar-refractivity contribution in [1.82, 2.24) is 5.32 Å². The number of hydrogen-bond donors (Lipinski definition) is 1. The summed E-state index contributed by atoms with van der Waals surface area (Å²) in [5.74, 6) is 0. The number of thiophene rings is 1. The zero-order chi connectivity index (χ0) is 12.6. The van der Waals surface area contributed by atoms with Gasteiger partial charge in [-0.05, 0) is 61.0 Å². The molecule has 0 aliphatic heterocycles. The Morgan fingerprint density at radius 1 is 1.28 bits per heavy atom. The summed E-state index contributed by atoms with van der Waals surface area (Å²) >= 11 is 1.81. The van der Waals surface area contributed by atoms with Crippen molar-refractivity contribution in [3.63, 3.8) is 0 Å². The van der Waals surface area contributed by atoms with E-state index in [0.29, 0.717) is 6.04 Å². The highest BCUT2D eigenvalue weighted by atomic mass is 32.1. The van der Waals surface area contributed by atoms with Crippen LogP contribution < -0.4 is 5.32 Å². The van der Waals surface area contributed by atoms with E-state index in [9.17, 15) is 0 Å². The van der Waals surface area contributed by atoms with Crippen molar-refractivity contribution in [1.29, 1.82) is 0 Å². The molecule has 0 radical (unpaired) electrons. The number of likely N-dealkylation sites (N-methyl/N-ethyl adjacent to an activating group) is 1. The highest BCUT2D eigenvalue weighted by molar-refractivity contribution is 7.07. The molecule has 0 saturated heterocycles. The molecular formula is C16H25NS. The van der Waals surface area contributed by atoms with E-state index in [1.165, 1.54) is 44.1 Å². The van der Waals surface area contributed by atoms with Crippen molar-refractivity contribution in [2.45, 2.75) is 57.9 Å². The van der Waals surface area contributed by atoms with Crippen LogP contribution in [0.3, 0.4) is 0 Å². The van der Waals surface area contributed by atoms with E-state index in [4.69, 9.17) is 0 Å². The monoisotopic (exact) mass is 263 g/mol. The fourth-order valence-electron chi connectivity index (χ4n) is 2.76. The normalized spacial score (nSPS) is 21.7. The van der Waals surface area contributed by atoms with Gasteiger partial charge in [0.1, 0.15) is 0 Å². The minimum Gasteiger partial charge on any atom is -0.310 e. The first-order valence-electron chi connectivity index (χ1n) is 7.33. The summed E-state index contributed by atoms with van der Waals surface area (Å²) in [7, 11) is 0. The lowest BCUT2D eigenvalue weighted by Crippen LogP contribution is -2.33. The molecule has 1 aliphatic carbocycles. The van der Waals surface area contributed by atoms with Crippen molar-refractivity contribution in [3.05, 3.63) is 34.0 Å². The van der Waals surface area contributed by atoms with E-state index in [-0.39, 0.29) is 0 Å². The molecule has 1 heterocycles. The van der Waals surface area contributed by atoms with Crippen LogP contribution in [0.15, 0.2) is 28.5 Å². The molecule has 2 heteroatoms. The molecule has 1 atom stereocenters. The highest BCUT2D eigenvalue weighted by Crippen LogP contribution is 2.22. The third-order valence-corrected chi connectivity index (χ3v) is 4.48. The van der Waals surface area contributed by atoms with Gasteiger partial charge >= 0.3 is 0 Å². The van der Waals surface area contributed by atoms with Crippen LogP contribution in [0.1, 0.15) is 51.0 Å². The molecule has 1 aromatic rings. The van der Waals surface area contributed by atoms with Gasteiger partial charge in [-0.2, -0.15) is 11.3 Å². The maximum atomic E-state index is 3.68. The molecule has 0 saturated carbocycles. The number of rotatable bonds is 5. The Labute approximate surface area is 115 Å². The Morgan fingerprint density at radius 3 is 2.94 bits per heavy atom. The van der Waals surface area contributed by atoms with Gasteiger partial charge in [0.15, 0.2) is 0 Å². The molecule has 1 aromatic heterocycles. The maximum Gasteiger partial charge on any atom is 0.0320 e. The van der Waals surface area contributed by atoms with Gasteiger partial charge in [-0.15, -0.1) is 0 Å². The third-order valence-electron chi connectivity index (χ3n) is 3.74. The number of hydrogen-bond acceptors (Lipinski definition) is 2. The van der Waals surface area contributed by atoms with Crippen LogP contribution in [-0.2, 0) is 6.42 Å². The molecule has 0 spiro atoms. The van der Waals surface area contributed by atoms with Gasteiger partial charge in [0.05, 0.1) is 0 Å².